The number of aromatic nitrogens is 1. The Morgan fingerprint density at radius 2 is 2.22 bits per heavy atom. The van der Waals surface area contributed by atoms with Crippen molar-refractivity contribution in [2.24, 2.45) is 0 Å². The molecular weight excluding hydrogens is 245 g/mol. The van der Waals surface area contributed by atoms with Gasteiger partial charge in [-0.3, -0.25) is 9.78 Å². The van der Waals surface area contributed by atoms with Crippen LogP contribution < -0.4 is 5.32 Å². The first-order valence-corrected chi connectivity index (χ1v) is 5.34. The van der Waals surface area contributed by atoms with Gasteiger partial charge in [0.05, 0.1) is 11.3 Å². The molecule has 0 unspecified atom stereocenters. The Labute approximate surface area is 103 Å². The van der Waals surface area contributed by atoms with E-state index in [1.54, 1.807) is 6.08 Å². The van der Waals surface area contributed by atoms with Gasteiger partial charge in [0.15, 0.2) is 0 Å². The molecular formula is C12H13F3N2O. The largest absolute Gasteiger partial charge is 0.418 e. The Bertz CT molecular complexity index is 441. The molecule has 0 atom stereocenters. The van der Waals surface area contributed by atoms with Crippen molar-refractivity contribution in [1.82, 2.24) is 10.3 Å². The fourth-order valence-corrected chi connectivity index (χ4v) is 1.32. The molecule has 0 aliphatic carbocycles. The van der Waals surface area contributed by atoms with E-state index in [0.29, 0.717) is 13.0 Å². The molecule has 0 fully saturated rings. The van der Waals surface area contributed by atoms with Gasteiger partial charge >= 0.3 is 6.18 Å². The first-order valence-electron chi connectivity index (χ1n) is 5.34. The van der Waals surface area contributed by atoms with E-state index in [2.05, 4.69) is 10.3 Å². The number of halogens is 3. The summed E-state index contributed by atoms with van der Waals surface area (Å²) in [4.78, 5) is 14.2. The summed E-state index contributed by atoms with van der Waals surface area (Å²) in [6.07, 6.45) is 0.208. The third-order valence-corrected chi connectivity index (χ3v) is 2.10. The normalized spacial score (nSPS) is 11.8. The van der Waals surface area contributed by atoms with Crippen LogP contribution in [0.15, 0.2) is 24.4 Å². The van der Waals surface area contributed by atoms with E-state index in [9.17, 15) is 18.0 Å². The molecule has 1 N–H and O–H groups in total. The van der Waals surface area contributed by atoms with Crippen LogP contribution in [-0.4, -0.2) is 17.4 Å². The number of rotatable bonds is 4. The highest BCUT2D eigenvalue weighted by atomic mass is 19.4. The second kappa shape index (κ2) is 6.18. The fraction of sp³-hybridized carbons (Fsp3) is 0.333. The van der Waals surface area contributed by atoms with Gasteiger partial charge in [0, 0.05) is 19.7 Å². The molecule has 0 aliphatic rings. The van der Waals surface area contributed by atoms with Crippen molar-refractivity contribution >= 4 is 12.0 Å². The second-order valence-corrected chi connectivity index (χ2v) is 3.61. The van der Waals surface area contributed by atoms with Gasteiger partial charge in [-0.05, 0) is 24.6 Å². The molecule has 0 radical (unpaired) electrons. The average molecular weight is 258 g/mol. The van der Waals surface area contributed by atoms with E-state index in [-0.39, 0.29) is 11.6 Å². The molecule has 0 aromatic carbocycles. The first kappa shape index (κ1) is 14.2. The number of alkyl halides is 3. The molecule has 98 valence electrons. The minimum absolute atomic E-state index is 0.118. The van der Waals surface area contributed by atoms with Gasteiger partial charge in [0.1, 0.15) is 0 Å². The van der Waals surface area contributed by atoms with Crippen LogP contribution in [-0.2, 0) is 11.0 Å². The topological polar surface area (TPSA) is 42.0 Å². The summed E-state index contributed by atoms with van der Waals surface area (Å²) in [5.41, 5.74) is -0.881. The summed E-state index contributed by atoms with van der Waals surface area (Å²) < 4.78 is 37.8. The van der Waals surface area contributed by atoms with Gasteiger partial charge in [-0.1, -0.05) is 6.08 Å². The van der Waals surface area contributed by atoms with Crippen LogP contribution in [0.1, 0.15) is 24.6 Å². The Hall–Kier alpha value is -1.85. The van der Waals surface area contributed by atoms with Crippen LogP contribution in [0.2, 0.25) is 0 Å². The van der Waals surface area contributed by atoms with Crippen molar-refractivity contribution in [2.75, 3.05) is 6.54 Å². The van der Waals surface area contributed by atoms with Crippen LogP contribution in [0.25, 0.3) is 6.08 Å². The van der Waals surface area contributed by atoms with Crippen molar-refractivity contribution in [3.63, 3.8) is 0 Å². The molecule has 0 saturated heterocycles. The summed E-state index contributed by atoms with van der Waals surface area (Å²) in [5.74, 6) is -0.169. The molecule has 1 aromatic heterocycles. The number of amides is 1. The standard InChI is InChI=1S/C12H13F3N2O/c1-9(18)16-7-3-2-6-11-10(12(13,14)15)5-4-8-17-11/h2,4-6,8H,3,7H2,1H3,(H,16,18). The average Bonchev–Trinajstić information content (AvgIpc) is 2.27. The number of nitrogens with one attached hydrogen (secondary N) is 1. The molecule has 1 amide bonds. The van der Waals surface area contributed by atoms with E-state index < -0.39 is 11.7 Å². The lowest BCUT2D eigenvalue weighted by molar-refractivity contribution is -0.138. The molecule has 0 spiro atoms. The van der Waals surface area contributed by atoms with Crippen LogP contribution in [0.3, 0.4) is 0 Å². The SMILES string of the molecule is CC(=O)NCCC=Cc1ncccc1C(F)(F)F. The number of hydrogen-bond donors (Lipinski definition) is 1. The maximum Gasteiger partial charge on any atom is 0.418 e. The van der Waals surface area contributed by atoms with Crippen LogP contribution >= 0.6 is 0 Å². The van der Waals surface area contributed by atoms with Crippen LogP contribution in [0.5, 0.6) is 0 Å². The van der Waals surface area contributed by atoms with Crippen LogP contribution in [0, 0.1) is 0 Å². The van der Waals surface area contributed by atoms with Gasteiger partial charge < -0.3 is 5.32 Å². The minimum atomic E-state index is -4.41. The molecule has 1 aromatic rings. The van der Waals surface area contributed by atoms with Gasteiger partial charge in [-0.15, -0.1) is 0 Å². The number of hydrogen-bond acceptors (Lipinski definition) is 2. The summed E-state index contributed by atoms with van der Waals surface area (Å²) in [5, 5.41) is 2.54. The van der Waals surface area contributed by atoms with E-state index in [4.69, 9.17) is 0 Å². The Morgan fingerprint density at radius 3 is 2.83 bits per heavy atom. The summed E-state index contributed by atoms with van der Waals surface area (Å²) in [7, 11) is 0. The second-order valence-electron chi connectivity index (χ2n) is 3.61. The Kier molecular flexibility index (Phi) is 4.88. The molecule has 0 bridgehead atoms. The van der Waals surface area contributed by atoms with Crippen molar-refractivity contribution in [3.8, 4) is 0 Å². The predicted octanol–water partition coefficient (Wildman–Crippen LogP) is 2.64. The molecule has 18 heavy (non-hydrogen) atoms. The highest BCUT2D eigenvalue weighted by molar-refractivity contribution is 5.72. The van der Waals surface area contributed by atoms with Crippen molar-refractivity contribution in [1.29, 1.82) is 0 Å². The summed E-state index contributed by atoms with van der Waals surface area (Å²) in [6.45, 7) is 1.77. The van der Waals surface area contributed by atoms with Crippen molar-refractivity contribution in [3.05, 3.63) is 35.7 Å². The number of nitrogens with zero attached hydrogens (tertiary/aromatic N) is 1. The number of carbonyl (C=O) groups excluding carboxylic acids is 1. The van der Waals surface area contributed by atoms with Crippen molar-refractivity contribution < 1.29 is 18.0 Å². The van der Waals surface area contributed by atoms with E-state index in [1.807, 2.05) is 0 Å². The molecule has 1 rings (SSSR count). The van der Waals surface area contributed by atoms with E-state index in [1.165, 1.54) is 25.3 Å². The lowest BCUT2D eigenvalue weighted by atomic mass is 10.1. The summed E-state index contributed by atoms with van der Waals surface area (Å²) >= 11 is 0. The number of pyridine rings is 1. The molecule has 0 aliphatic heterocycles. The molecule has 1 heterocycles. The number of carbonyl (C=O) groups is 1. The zero-order chi connectivity index (χ0) is 13.6. The smallest absolute Gasteiger partial charge is 0.356 e. The lowest BCUT2D eigenvalue weighted by Crippen LogP contribution is -2.20. The van der Waals surface area contributed by atoms with E-state index in [0.717, 1.165) is 6.07 Å². The maximum atomic E-state index is 12.6. The third kappa shape index (κ3) is 4.57. The van der Waals surface area contributed by atoms with Gasteiger partial charge in [0.25, 0.3) is 0 Å². The Balaban J connectivity index is 2.67. The quantitative estimate of drug-likeness (QED) is 0.843. The summed E-state index contributed by atoms with van der Waals surface area (Å²) in [6, 6.07) is 2.23. The zero-order valence-electron chi connectivity index (χ0n) is 9.79. The monoisotopic (exact) mass is 258 g/mol. The highest BCUT2D eigenvalue weighted by Gasteiger charge is 2.32. The van der Waals surface area contributed by atoms with Crippen molar-refractivity contribution in [2.45, 2.75) is 19.5 Å². The predicted molar refractivity (Wildman–Crippen MR) is 61.6 cm³/mol. The molecule has 6 heteroatoms. The first-order chi connectivity index (χ1) is 8.41. The van der Waals surface area contributed by atoms with Gasteiger partial charge in [0.2, 0.25) is 5.91 Å². The molecule has 0 saturated carbocycles. The van der Waals surface area contributed by atoms with Crippen LogP contribution in [0.4, 0.5) is 13.2 Å². The lowest BCUT2D eigenvalue weighted by Gasteiger charge is -2.08. The highest BCUT2D eigenvalue weighted by Crippen LogP contribution is 2.31. The third-order valence-electron chi connectivity index (χ3n) is 2.10. The van der Waals surface area contributed by atoms with Gasteiger partial charge in [-0.2, -0.15) is 13.2 Å². The minimum Gasteiger partial charge on any atom is -0.356 e. The van der Waals surface area contributed by atoms with Gasteiger partial charge in [-0.25, -0.2) is 0 Å². The molecule has 3 nitrogen and oxygen atoms in total. The zero-order valence-corrected chi connectivity index (χ0v) is 9.79. The Morgan fingerprint density at radius 1 is 1.50 bits per heavy atom. The fourth-order valence-electron chi connectivity index (χ4n) is 1.32. The van der Waals surface area contributed by atoms with E-state index >= 15 is 0 Å². The maximum absolute atomic E-state index is 12.6.